The topological polar surface area (TPSA) is 84.5 Å². The van der Waals surface area contributed by atoms with Crippen molar-refractivity contribution in [1.82, 2.24) is 5.32 Å². The average Bonchev–Trinajstić information content (AvgIpc) is 2.81. The molecule has 0 radical (unpaired) electrons. The van der Waals surface area contributed by atoms with Crippen LogP contribution >= 0.6 is 11.3 Å². The number of thiophene rings is 1. The summed E-state index contributed by atoms with van der Waals surface area (Å²) < 4.78 is 5.03. The number of likely N-dealkylation sites (N-methyl/N-ethyl adjacent to an activating group) is 1. The molecule has 2 amide bonds. The highest BCUT2D eigenvalue weighted by atomic mass is 32.1. The Balaban J connectivity index is 2.26. The summed E-state index contributed by atoms with van der Waals surface area (Å²) >= 11 is 1.43. The molecule has 1 aliphatic rings. The number of aryl methyl sites for hydroxylation is 1. The van der Waals surface area contributed by atoms with Crippen molar-refractivity contribution >= 4 is 34.1 Å². The van der Waals surface area contributed by atoms with Gasteiger partial charge in [-0.25, -0.2) is 4.79 Å². The third-order valence-corrected chi connectivity index (χ3v) is 4.49. The molecule has 6 nitrogen and oxygen atoms in total. The van der Waals surface area contributed by atoms with E-state index < -0.39 is 5.97 Å². The zero-order chi connectivity index (χ0) is 15.4. The van der Waals surface area contributed by atoms with Gasteiger partial charge in [-0.2, -0.15) is 0 Å². The zero-order valence-corrected chi connectivity index (χ0v) is 12.9. The van der Waals surface area contributed by atoms with Crippen LogP contribution in [-0.4, -0.2) is 31.4 Å². The van der Waals surface area contributed by atoms with E-state index in [1.165, 1.54) is 25.3 Å². The van der Waals surface area contributed by atoms with E-state index in [0.717, 1.165) is 36.1 Å². The Morgan fingerprint density at radius 1 is 1.24 bits per heavy atom. The van der Waals surface area contributed by atoms with Gasteiger partial charge in [0.25, 0.3) is 5.91 Å². The summed E-state index contributed by atoms with van der Waals surface area (Å²) in [5, 5.41) is 5.61. The van der Waals surface area contributed by atoms with Gasteiger partial charge in [0.05, 0.1) is 5.56 Å². The third kappa shape index (κ3) is 3.60. The number of nitrogens with one attached hydrogen (secondary N) is 2. The van der Waals surface area contributed by atoms with Crippen LogP contribution in [0.25, 0.3) is 0 Å². The summed E-state index contributed by atoms with van der Waals surface area (Å²) in [6, 6.07) is 0. The van der Waals surface area contributed by atoms with E-state index in [4.69, 9.17) is 4.74 Å². The van der Waals surface area contributed by atoms with E-state index in [2.05, 4.69) is 10.6 Å². The van der Waals surface area contributed by atoms with E-state index in [1.54, 1.807) is 0 Å². The Kier molecular flexibility index (Phi) is 4.95. The van der Waals surface area contributed by atoms with Crippen molar-refractivity contribution in [2.24, 2.45) is 0 Å². The molecule has 2 N–H and O–H groups in total. The molecular formula is C14H18N2O4S. The molecule has 0 aliphatic heterocycles. The number of amides is 2. The quantitative estimate of drug-likeness (QED) is 0.825. The van der Waals surface area contributed by atoms with Crippen LogP contribution in [0.4, 0.5) is 5.00 Å². The molecule has 1 heterocycles. The summed E-state index contributed by atoms with van der Waals surface area (Å²) in [7, 11) is 1.48. The van der Waals surface area contributed by atoms with Gasteiger partial charge < -0.3 is 15.4 Å². The minimum Gasteiger partial charge on any atom is -0.452 e. The molecule has 1 aromatic rings. The Labute approximate surface area is 126 Å². The lowest BCUT2D eigenvalue weighted by atomic mass is 9.95. The lowest BCUT2D eigenvalue weighted by Gasteiger charge is -2.12. The second-order valence-electron chi connectivity index (χ2n) is 4.85. The first kappa shape index (κ1) is 15.5. The molecular weight excluding hydrogens is 292 g/mol. The Morgan fingerprint density at radius 3 is 2.62 bits per heavy atom. The van der Waals surface area contributed by atoms with Gasteiger partial charge in [0.2, 0.25) is 5.91 Å². The van der Waals surface area contributed by atoms with Crippen LogP contribution in [-0.2, 0) is 27.2 Å². The maximum absolute atomic E-state index is 12.3. The smallest absolute Gasteiger partial charge is 0.341 e. The fraction of sp³-hybridized carbons (Fsp3) is 0.500. The molecule has 0 fully saturated rings. The molecule has 0 saturated heterocycles. The predicted molar refractivity (Wildman–Crippen MR) is 79.6 cm³/mol. The number of fused-ring (bicyclic) bond motifs is 1. The normalized spacial score (nSPS) is 13.2. The highest BCUT2D eigenvalue weighted by Crippen LogP contribution is 2.38. The number of carbonyl (C=O) groups is 3. The number of esters is 1. The lowest BCUT2D eigenvalue weighted by molar-refractivity contribution is -0.123. The summed E-state index contributed by atoms with van der Waals surface area (Å²) in [4.78, 5) is 35.9. The first-order valence-corrected chi connectivity index (χ1v) is 7.64. The van der Waals surface area contributed by atoms with Crippen molar-refractivity contribution in [1.29, 1.82) is 0 Å². The summed E-state index contributed by atoms with van der Waals surface area (Å²) in [6.45, 7) is 1.08. The molecule has 2 rings (SSSR count). The lowest BCUT2D eigenvalue weighted by Crippen LogP contribution is -2.25. The molecule has 0 unspecified atom stereocenters. The number of rotatable bonds is 4. The fourth-order valence-electron chi connectivity index (χ4n) is 2.31. The van der Waals surface area contributed by atoms with Crippen LogP contribution < -0.4 is 10.6 Å². The van der Waals surface area contributed by atoms with Crippen LogP contribution in [0.15, 0.2) is 0 Å². The maximum atomic E-state index is 12.3. The van der Waals surface area contributed by atoms with E-state index in [0.29, 0.717) is 10.6 Å². The molecule has 1 aliphatic carbocycles. The van der Waals surface area contributed by atoms with E-state index in [1.807, 2.05) is 0 Å². The number of hydrogen-bond donors (Lipinski definition) is 2. The molecule has 0 saturated carbocycles. The largest absolute Gasteiger partial charge is 0.452 e. The monoisotopic (exact) mass is 310 g/mol. The van der Waals surface area contributed by atoms with Crippen LogP contribution in [0.3, 0.4) is 0 Å². The van der Waals surface area contributed by atoms with E-state index >= 15 is 0 Å². The van der Waals surface area contributed by atoms with Gasteiger partial charge in [-0.1, -0.05) is 0 Å². The van der Waals surface area contributed by atoms with Crippen LogP contribution in [0.1, 0.15) is 40.6 Å². The predicted octanol–water partition coefficient (Wildman–Crippen LogP) is 1.49. The summed E-state index contributed by atoms with van der Waals surface area (Å²) in [5.41, 5.74) is 1.37. The number of ether oxygens (including phenoxy) is 1. The molecule has 1 aromatic heterocycles. The van der Waals surface area contributed by atoms with Crippen molar-refractivity contribution < 1.29 is 19.1 Å². The molecule has 0 atom stereocenters. The molecule has 21 heavy (non-hydrogen) atoms. The Hall–Kier alpha value is -1.89. The standard InChI is InChI=1S/C14H18N2O4S/c1-8(17)16-13-12(14(19)20-7-11(18)15-2)9-5-3-4-6-10(9)21-13/h3-7H2,1-2H3,(H,15,18)(H,16,17). The van der Waals surface area contributed by atoms with Crippen LogP contribution in [0.2, 0.25) is 0 Å². The van der Waals surface area contributed by atoms with E-state index in [9.17, 15) is 14.4 Å². The maximum Gasteiger partial charge on any atom is 0.341 e. The SMILES string of the molecule is CNC(=O)COC(=O)c1c(NC(C)=O)sc2c1CCCC2. The fourth-order valence-corrected chi connectivity index (χ4v) is 3.63. The zero-order valence-electron chi connectivity index (χ0n) is 12.1. The highest BCUT2D eigenvalue weighted by Gasteiger charge is 2.27. The van der Waals surface area contributed by atoms with Crippen LogP contribution in [0.5, 0.6) is 0 Å². The van der Waals surface area contributed by atoms with Gasteiger partial charge in [0.1, 0.15) is 5.00 Å². The van der Waals surface area contributed by atoms with Crippen LogP contribution in [0, 0.1) is 0 Å². The number of carbonyl (C=O) groups excluding carboxylic acids is 3. The second kappa shape index (κ2) is 6.71. The van der Waals surface area contributed by atoms with Gasteiger partial charge in [-0.05, 0) is 31.2 Å². The first-order valence-electron chi connectivity index (χ1n) is 6.82. The number of hydrogen-bond acceptors (Lipinski definition) is 5. The minimum absolute atomic E-state index is 0.228. The van der Waals surface area contributed by atoms with Crippen molar-refractivity contribution in [3.05, 3.63) is 16.0 Å². The van der Waals surface area contributed by atoms with Crippen molar-refractivity contribution in [3.8, 4) is 0 Å². The number of anilines is 1. The van der Waals surface area contributed by atoms with Crippen molar-refractivity contribution in [3.63, 3.8) is 0 Å². The summed E-state index contributed by atoms with van der Waals surface area (Å²) in [5.74, 6) is -1.15. The van der Waals surface area contributed by atoms with Crippen molar-refractivity contribution in [2.45, 2.75) is 32.6 Å². The molecule has 0 spiro atoms. The van der Waals surface area contributed by atoms with Gasteiger partial charge >= 0.3 is 5.97 Å². The highest BCUT2D eigenvalue weighted by molar-refractivity contribution is 7.17. The van der Waals surface area contributed by atoms with E-state index in [-0.39, 0.29) is 18.4 Å². The molecule has 0 aromatic carbocycles. The average molecular weight is 310 g/mol. The van der Waals surface area contributed by atoms with Gasteiger partial charge in [-0.3, -0.25) is 9.59 Å². The molecule has 0 bridgehead atoms. The third-order valence-electron chi connectivity index (χ3n) is 3.28. The van der Waals surface area contributed by atoms with Gasteiger partial charge in [0.15, 0.2) is 6.61 Å². The minimum atomic E-state index is -0.554. The summed E-state index contributed by atoms with van der Waals surface area (Å²) in [6.07, 6.45) is 3.81. The Morgan fingerprint density at radius 2 is 1.95 bits per heavy atom. The van der Waals surface area contributed by atoms with Gasteiger partial charge in [0, 0.05) is 18.8 Å². The van der Waals surface area contributed by atoms with Gasteiger partial charge in [-0.15, -0.1) is 11.3 Å². The molecule has 7 heteroatoms. The Bertz CT molecular complexity index is 580. The first-order chi connectivity index (χ1) is 10.0. The molecule has 114 valence electrons. The second-order valence-corrected chi connectivity index (χ2v) is 5.95. The van der Waals surface area contributed by atoms with Crippen molar-refractivity contribution in [2.75, 3.05) is 19.0 Å².